The maximum absolute atomic E-state index is 12.3. The number of benzene rings is 1. The van der Waals surface area contributed by atoms with Gasteiger partial charge in [0, 0.05) is 22.4 Å². The molecule has 116 valence electrons. The van der Waals surface area contributed by atoms with Crippen LogP contribution < -0.4 is 0 Å². The predicted octanol–water partition coefficient (Wildman–Crippen LogP) is 3.87. The number of nitro groups is 1. The van der Waals surface area contributed by atoms with Crippen LogP contribution in [0.25, 0.3) is 5.76 Å². The van der Waals surface area contributed by atoms with Crippen LogP contribution in [0.5, 0.6) is 0 Å². The smallest absolute Gasteiger partial charge is 0.281 e. The molecule has 0 bridgehead atoms. The number of rotatable bonds is 5. The van der Waals surface area contributed by atoms with E-state index in [9.17, 15) is 20.0 Å². The van der Waals surface area contributed by atoms with E-state index in [0.717, 1.165) is 6.07 Å². The van der Waals surface area contributed by atoms with Gasteiger partial charge >= 0.3 is 0 Å². The molecular weight excluding hydrogens is 331 g/mol. The van der Waals surface area contributed by atoms with E-state index in [-0.39, 0.29) is 16.5 Å². The third-order valence-electron chi connectivity index (χ3n) is 2.94. The van der Waals surface area contributed by atoms with Crippen LogP contribution in [0.3, 0.4) is 0 Å². The molecule has 1 aromatic rings. The molecule has 0 aliphatic carbocycles. The monoisotopic (exact) mass is 342 g/mol. The van der Waals surface area contributed by atoms with E-state index in [1.54, 1.807) is 6.07 Å². The summed E-state index contributed by atoms with van der Waals surface area (Å²) in [6.45, 7) is 3.01. The zero-order valence-corrected chi connectivity index (χ0v) is 13.3. The number of allylic oxidation sites excluding steroid dienone is 1. The second kappa shape index (κ2) is 6.77. The molecule has 1 N–H and O–H groups in total. The van der Waals surface area contributed by atoms with Gasteiger partial charge in [0.2, 0.25) is 0 Å². The Morgan fingerprint density at radius 3 is 2.55 bits per heavy atom. The highest BCUT2D eigenvalue weighted by Gasteiger charge is 2.33. The van der Waals surface area contributed by atoms with Gasteiger partial charge in [0.25, 0.3) is 5.69 Å². The van der Waals surface area contributed by atoms with Crippen LogP contribution in [0.4, 0.5) is 5.69 Å². The molecule has 1 aromatic carbocycles. The van der Waals surface area contributed by atoms with Gasteiger partial charge in [0.1, 0.15) is 11.6 Å². The second-order valence-electron chi connectivity index (χ2n) is 5.10. The standard InChI is InChI=1S/C14H12Cl2N2O4/c1-14(2,7-15)13(20)10(6-17)12(19)9-4-3-8(16)5-11(9)18(21)22/h3-5,19H,7H2,1-2H3/b12-10-. The maximum atomic E-state index is 12.3. The van der Waals surface area contributed by atoms with Gasteiger partial charge in [0.15, 0.2) is 11.5 Å². The largest absolute Gasteiger partial charge is 0.506 e. The lowest BCUT2D eigenvalue weighted by Gasteiger charge is -2.19. The highest BCUT2D eigenvalue weighted by Crippen LogP contribution is 2.32. The molecule has 0 spiro atoms. The minimum absolute atomic E-state index is 0.0764. The van der Waals surface area contributed by atoms with Gasteiger partial charge in [-0.25, -0.2) is 0 Å². The maximum Gasteiger partial charge on any atom is 0.281 e. The summed E-state index contributed by atoms with van der Waals surface area (Å²) in [7, 11) is 0. The molecule has 0 amide bonds. The summed E-state index contributed by atoms with van der Waals surface area (Å²) in [5.74, 6) is -1.55. The van der Waals surface area contributed by atoms with Gasteiger partial charge in [0.05, 0.1) is 10.5 Å². The zero-order chi connectivity index (χ0) is 17.1. The van der Waals surface area contributed by atoms with Gasteiger partial charge in [-0.3, -0.25) is 14.9 Å². The first-order valence-corrected chi connectivity index (χ1v) is 6.95. The predicted molar refractivity (Wildman–Crippen MR) is 82.8 cm³/mol. The summed E-state index contributed by atoms with van der Waals surface area (Å²) in [6.07, 6.45) is 0. The van der Waals surface area contributed by atoms with E-state index in [2.05, 4.69) is 0 Å². The summed E-state index contributed by atoms with van der Waals surface area (Å²) in [4.78, 5) is 22.5. The minimum atomic E-state index is -1.10. The molecule has 0 aromatic heterocycles. The fraction of sp³-hybridized carbons (Fsp3) is 0.286. The molecule has 0 aliphatic heterocycles. The molecule has 0 saturated carbocycles. The first-order valence-electron chi connectivity index (χ1n) is 6.04. The average molecular weight is 343 g/mol. The number of ketones is 1. The number of carbonyl (C=O) groups excluding carboxylic acids is 1. The van der Waals surface area contributed by atoms with Crippen LogP contribution in [0, 0.1) is 26.9 Å². The molecule has 0 heterocycles. The van der Waals surface area contributed by atoms with Crippen molar-refractivity contribution in [1.29, 1.82) is 5.26 Å². The molecule has 0 saturated heterocycles. The molecule has 6 nitrogen and oxygen atoms in total. The topological polar surface area (TPSA) is 104 Å². The highest BCUT2D eigenvalue weighted by atomic mass is 35.5. The molecule has 0 unspecified atom stereocenters. The first kappa shape index (κ1) is 18.0. The van der Waals surface area contributed by atoms with E-state index in [1.807, 2.05) is 0 Å². The highest BCUT2D eigenvalue weighted by molar-refractivity contribution is 6.30. The third kappa shape index (κ3) is 3.56. The fourth-order valence-electron chi connectivity index (χ4n) is 1.60. The van der Waals surface area contributed by atoms with Gasteiger partial charge in [-0.15, -0.1) is 11.6 Å². The average Bonchev–Trinajstić information content (AvgIpc) is 2.47. The van der Waals surface area contributed by atoms with Crippen LogP contribution in [-0.2, 0) is 4.79 Å². The SMILES string of the molecule is CC(C)(CCl)C(=O)/C(C#N)=C(\O)c1ccc(Cl)cc1[N+](=O)[O-]. The number of hydrogen-bond acceptors (Lipinski definition) is 5. The lowest BCUT2D eigenvalue weighted by atomic mass is 9.85. The summed E-state index contributed by atoms with van der Waals surface area (Å²) < 4.78 is 0. The quantitative estimate of drug-likeness (QED) is 0.218. The number of Topliss-reactive ketones (excluding diaryl/α,β-unsaturated/α-hetero) is 1. The third-order valence-corrected chi connectivity index (χ3v) is 3.84. The first-order chi connectivity index (χ1) is 10.2. The van der Waals surface area contributed by atoms with Crippen LogP contribution in [0.15, 0.2) is 23.8 Å². The van der Waals surface area contributed by atoms with Crippen molar-refractivity contribution in [3.63, 3.8) is 0 Å². The lowest BCUT2D eigenvalue weighted by molar-refractivity contribution is -0.385. The van der Waals surface area contributed by atoms with E-state index < -0.39 is 33.1 Å². The summed E-state index contributed by atoms with van der Waals surface area (Å²) in [6, 6.07) is 5.10. The van der Waals surface area contributed by atoms with Gasteiger partial charge in [-0.05, 0) is 12.1 Å². The number of nitro benzene ring substituents is 1. The zero-order valence-electron chi connectivity index (χ0n) is 11.8. The van der Waals surface area contributed by atoms with Crippen molar-refractivity contribution in [2.75, 3.05) is 5.88 Å². The number of nitriles is 1. The molecule has 1 rings (SSSR count). The normalized spacial score (nSPS) is 12.3. The van der Waals surface area contributed by atoms with Gasteiger partial charge in [-0.2, -0.15) is 5.26 Å². The fourth-order valence-corrected chi connectivity index (χ4v) is 1.89. The van der Waals surface area contributed by atoms with Crippen LogP contribution in [-0.4, -0.2) is 21.7 Å². The Morgan fingerprint density at radius 1 is 1.50 bits per heavy atom. The molecule has 8 heteroatoms. The van der Waals surface area contributed by atoms with Crippen molar-refractivity contribution >= 4 is 40.4 Å². The number of aliphatic hydroxyl groups is 1. The summed E-state index contributed by atoms with van der Waals surface area (Å²) >= 11 is 11.4. The summed E-state index contributed by atoms with van der Waals surface area (Å²) in [5.41, 5.74) is -2.45. The van der Waals surface area contributed by atoms with Crippen molar-refractivity contribution in [2.24, 2.45) is 5.41 Å². The number of carbonyl (C=O) groups is 1. The molecule has 0 aliphatic rings. The Hall–Kier alpha value is -2.10. The van der Waals surface area contributed by atoms with Gasteiger partial charge < -0.3 is 5.11 Å². The van der Waals surface area contributed by atoms with Crippen molar-refractivity contribution in [3.8, 4) is 6.07 Å². The Balaban J connectivity index is 3.57. The Kier molecular flexibility index (Phi) is 5.53. The molecule has 0 fully saturated rings. The van der Waals surface area contributed by atoms with Gasteiger partial charge in [-0.1, -0.05) is 25.4 Å². The van der Waals surface area contributed by atoms with Crippen LogP contribution in [0.1, 0.15) is 19.4 Å². The van der Waals surface area contributed by atoms with Crippen molar-refractivity contribution in [2.45, 2.75) is 13.8 Å². The summed E-state index contributed by atoms with van der Waals surface area (Å²) in [5, 5.41) is 30.4. The van der Waals surface area contributed by atoms with Crippen LogP contribution >= 0.6 is 23.2 Å². The molecular formula is C14H12Cl2N2O4. The van der Waals surface area contributed by atoms with E-state index >= 15 is 0 Å². The number of hydrogen-bond donors (Lipinski definition) is 1. The van der Waals surface area contributed by atoms with E-state index in [1.165, 1.54) is 26.0 Å². The number of aliphatic hydroxyl groups excluding tert-OH is 1. The lowest BCUT2D eigenvalue weighted by Crippen LogP contribution is -2.28. The molecule has 0 atom stereocenters. The Bertz CT molecular complexity index is 705. The number of halogens is 2. The van der Waals surface area contributed by atoms with E-state index in [0.29, 0.717) is 0 Å². The Labute approximate surface area is 136 Å². The van der Waals surface area contributed by atoms with Crippen molar-refractivity contribution in [3.05, 3.63) is 44.5 Å². The second-order valence-corrected chi connectivity index (χ2v) is 5.80. The number of alkyl halides is 1. The molecule has 0 radical (unpaired) electrons. The minimum Gasteiger partial charge on any atom is -0.506 e. The molecule has 22 heavy (non-hydrogen) atoms. The Morgan fingerprint density at radius 2 is 2.09 bits per heavy atom. The number of nitrogens with zero attached hydrogens (tertiary/aromatic N) is 2. The van der Waals surface area contributed by atoms with Crippen molar-refractivity contribution < 1.29 is 14.8 Å². The van der Waals surface area contributed by atoms with E-state index in [4.69, 9.17) is 28.5 Å². The van der Waals surface area contributed by atoms with Crippen molar-refractivity contribution in [1.82, 2.24) is 0 Å². The van der Waals surface area contributed by atoms with Crippen LogP contribution in [0.2, 0.25) is 5.02 Å².